The minimum absolute atomic E-state index is 0.0241. The second-order valence-corrected chi connectivity index (χ2v) is 7.40. The fraction of sp³-hybridized carbons (Fsp3) is 0.333. The second-order valence-electron chi connectivity index (χ2n) is 7.00. The maximum absolute atomic E-state index is 12.8. The van der Waals surface area contributed by atoms with Crippen molar-refractivity contribution in [3.05, 3.63) is 52.7 Å². The van der Waals surface area contributed by atoms with Crippen molar-refractivity contribution < 1.29 is 37.3 Å². The molecule has 0 bridgehead atoms. The minimum Gasteiger partial charge on any atom is -0.490 e. The van der Waals surface area contributed by atoms with Crippen molar-refractivity contribution in [3.8, 4) is 17.4 Å². The highest BCUT2D eigenvalue weighted by atomic mass is 35.5. The first kappa shape index (κ1) is 24.5. The molecule has 31 heavy (non-hydrogen) atoms. The van der Waals surface area contributed by atoms with E-state index in [9.17, 15) is 23.1 Å². The van der Waals surface area contributed by atoms with Gasteiger partial charge in [0.1, 0.15) is 23.1 Å². The van der Waals surface area contributed by atoms with E-state index < -0.39 is 23.3 Å². The third kappa shape index (κ3) is 7.76. The summed E-state index contributed by atoms with van der Waals surface area (Å²) in [4.78, 5) is 15.3. The zero-order valence-corrected chi connectivity index (χ0v) is 17.8. The van der Waals surface area contributed by atoms with Gasteiger partial charge >= 0.3 is 12.1 Å². The summed E-state index contributed by atoms with van der Waals surface area (Å²) < 4.78 is 54.5. The van der Waals surface area contributed by atoms with E-state index in [1.54, 1.807) is 32.9 Å². The number of nitrogens with zero attached hydrogens (tertiary/aromatic N) is 1. The third-order valence-electron chi connectivity index (χ3n) is 3.60. The number of halogens is 4. The Hall–Kier alpha value is -2.78. The Bertz CT molecular complexity index is 955. The van der Waals surface area contributed by atoms with Gasteiger partial charge in [-0.15, -0.1) is 0 Å². The van der Waals surface area contributed by atoms with Crippen molar-refractivity contribution in [1.82, 2.24) is 4.98 Å². The molecule has 2 aromatic rings. The summed E-state index contributed by atoms with van der Waals surface area (Å²) in [5.41, 5.74) is -1.72. The summed E-state index contributed by atoms with van der Waals surface area (Å²) in [6, 6.07) is 5.27. The van der Waals surface area contributed by atoms with Gasteiger partial charge in [0.2, 0.25) is 5.88 Å². The van der Waals surface area contributed by atoms with Gasteiger partial charge in [-0.2, -0.15) is 13.2 Å². The molecule has 168 valence electrons. The predicted molar refractivity (Wildman–Crippen MR) is 108 cm³/mol. The molecular formula is C21H21ClF3NO5. The number of benzene rings is 1. The van der Waals surface area contributed by atoms with E-state index in [4.69, 9.17) is 25.8 Å². The molecule has 1 heterocycles. The fourth-order valence-corrected chi connectivity index (χ4v) is 2.40. The van der Waals surface area contributed by atoms with Crippen LogP contribution in [0.15, 0.2) is 36.5 Å². The molecule has 0 aliphatic rings. The largest absolute Gasteiger partial charge is 0.490 e. The van der Waals surface area contributed by atoms with Crippen LogP contribution in [0.1, 0.15) is 31.9 Å². The van der Waals surface area contributed by atoms with Gasteiger partial charge in [-0.05, 0) is 45.0 Å². The van der Waals surface area contributed by atoms with Gasteiger partial charge in [-0.3, -0.25) is 0 Å². The smallest absolute Gasteiger partial charge is 0.417 e. The standard InChI is InChI=1S/C21H21ClF3NO5/c1-4-29-18(27)8-6-13-5-7-15(30-12-20(2,3)28)10-17(13)31-19-16(22)9-14(11-26-19)21(23,24)25/h5-11,28H,4,12H2,1-3H3/b8-6+. The lowest BCUT2D eigenvalue weighted by Gasteiger charge is -2.18. The molecule has 2 rings (SSSR count). The van der Waals surface area contributed by atoms with Crippen LogP contribution in [0.25, 0.3) is 6.08 Å². The van der Waals surface area contributed by atoms with E-state index in [1.807, 2.05) is 0 Å². The van der Waals surface area contributed by atoms with Crippen molar-refractivity contribution in [2.75, 3.05) is 13.2 Å². The van der Waals surface area contributed by atoms with E-state index in [2.05, 4.69) is 4.98 Å². The molecule has 0 fully saturated rings. The van der Waals surface area contributed by atoms with E-state index >= 15 is 0 Å². The number of esters is 1. The Balaban J connectivity index is 2.37. The molecule has 0 atom stereocenters. The highest BCUT2D eigenvalue weighted by molar-refractivity contribution is 6.31. The van der Waals surface area contributed by atoms with Gasteiger partial charge in [0, 0.05) is 23.9 Å². The molecule has 0 amide bonds. The van der Waals surface area contributed by atoms with E-state index in [0.717, 1.165) is 0 Å². The summed E-state index contributed by atoms with van der Waals surface area (Å²) in [5.74, 6) is -0.419. The van der Waals surface area contributed by atoms with Crippen LogP contribution in [0.4, 0.5) is 13.2 Å². The van der Waals surface area contributed by atoms with Crippen LogP contribution >= 0.6 is 11.6 Å². The lowest BCUT2D eigenvalue weighted by molar-refractivity contribution is -0.138. The van der Waals surface area contributed by atoms with Gasteiger partial charge < -0.3 is 19.3 Å². The third-order valence-corrected chi connectivity index (χ3v) is 3.87. The average Bonchev–Trinajstić information content (AvgIpc) is 2.66. The van der Waals surface area contributed by atoms with Gasteiger partial charge in [0.05, 0.1) is 17.8 Å². The molecule has 0 aliphatic heterocycles. The predicted octanol–water partition coefficient (Wildman–Crippen LogP) is 5.27. The number of hydrogen-bond donors (Lipinski definition) is 1. The number of aliphatic hydroxyl groups is 1. The molecule has 0 aliphatic carbocycles. The van der Waals surface area contributed by atoms with Crippen molar-refractivity contribution >= 4 is 23.6 Å². The molecule has 10 heteroatoms. The SMILES string of the molecule is CCOC(=O)/C=C/c1ccc(OCC(C)(C)O)cc1Oc1ncc(C(F)(F)F)cc1Cl. The second kappa shape index (κ2) is 10.0. The number of rotatable bonds is 8. The first-order valence-electron chi connectivity index (χ1n) is 9.13. The van der Waals surface area contributed by atoms with Crippen molar-refractivity contribution in [2.24, 2.45) is 0 Å². The topological polar surface area (TPSA) is 77.9 Å². The molecule has 1 N–H and O–H groups in total. The van der Waals surface area contributed by atoms with E-state index in [1.165, 1.54) is 18.2 Å². The van der Waals surface area contributed by atoms with Crippen LogP contribution in [-0.4, -0.2) is 34.9 Å². The number of hydrogen-bond acceptors (Lipinski definition) is 6. The number of aromatic nitrogens is 1. The summed E-state index contributed by atoms with van der Waals surface area (Å²) in [7, 11) is 0. The van der Waals surface area contributed by atoms with Crippen molar-refractivity contribution in [1.29, 1.82) is 0 Å². The highest BCUT2D eigenvalue weighted by Gasteiger charge is 2.32. The molecule has 1 aromatic heterocycles. The molecule has 0 spiro atoms. The first-order valence-corrected chi connectivity index (χ1v) is 9.51. The molecule has 1 aromatic carbocycles. The normalized spacial score (nSPS) is 12.1. The van der Waals surface area contributed by atoms with Gasteiger partial charge in [0.15, 0.2) is 0 Å². The molecular weight excluding hydrogens is 439 g/mol. The number of carbonyl (C=O) groups excluding carboxylic acids is 1. The Morgan fingerprint density at radius 3 is 2.55 bits per heavy atom. The highest BCUT2D eigenvalue weighted by Crippen LogP contribution is 2.36. The van der Waals surface area contributed by atoms with Crippen LogP contribution in [0.2, 0.25) is 5.02 Å². The summed E-state index contributed by atoms with van der Waals surface area (Å²) in [5, 5.41) is 9.47. The summed E-state index contributed by atoms with van der Waals surface area (Å²) in [6.07, 6.45) is -1.42. The number of carbonyl (C=O) groups is 1. The minimum atomic E-state index is -4.60. The van der Waals surface area contributed by atoms with Crippen LogP contribution < -0.4 is 9.47 Å². The van der Waals surface area contributed by atoms with E-state index in [0.29, 0.717) is 23.6 Å². The molecule has 0 saturated heterocycles. The lowest BCUT2D eigenvalue weighted by atomic mass is 10.1. The maximum Gasteiger partial charge on any atom is 0.417 e. The first-order chi connectivity index (χ1) is 14.4. The molecule has 0 saturated carbocycles. The summed E-state index contributed by atoms with van der Waals surface area (Å²) in [6.45, 7) is 4.96. The van der Waals surface area contributed by atoms with Crippen molar-refractivity contribution in [3.63, 3.8) is 0 Å². The molecule has 6 nitrogen and oxygen atoms in total. The summed E-state index contributed by atoms with van der Waals surface area (Å²) >= 11 is 5.92. The Labute approximate surface area is 182 Å². The van der Waals surface area contributed by atoms with Gasteiger partial charge in [0.25, 0.3) is 0 Å². The zero-order valence-electron chi connectivity index (χ0n) is 17.0. The monoisotopic (exact) mass is 459 g/mol. The maximum atomic E-state index is 12.8. The number of pyridine rings is 1. The fourth-order valence-electron chi connectivity index (χ4n) is 2.20. The van der Waals surface area contributed by atoms with Crippen molar-refractivity contribution in [2.45, 2.75) is 32.5 Å². The van der Waals surface area contributed by atoms with E-state index in [-0.39, 0.29) is 29.9 Å². The Morgan fingerprint density at radius 1 is 1.26 bits per heavy atom. The Kier molecular flexibility index (Phi) is 7.91. The van der Waals surface area contributed by atoms with Crippen LogP contribution in [0.3, 0.4) is 0 Å². The van der Waals surface area contributed by atoms with Crippen LogP contribution in [0.5, 0.6) is 17.4 Å². The van der Waals surface area contributed by atoms with Crippen LogP contribution in [-0.2, 0) is 15.7 Å². The number of alkyl halides is 3. The Morgan fingerprint density at radius 2 is 1.97 bits per heavy atom. The molecule has 0 radical (unpaired) electrons. The number of ether oxygens (including phenoxy) is 3. The van der Waals surface area contributed by atoms with Crippen LogP contribution in [0, 0.1) is 0 Å². The van der Waals surface area contributed by atoms with Gasteiger partial charge in [-0.1, -0.05) is 11.6 Å². The zero-order chi connectivity index (χ0) is 23.2. The lowest BCUT2D eigenvalue weighted by Crippen LogP contribution is -2.27. The quantitative estimate of drug-likeness (QED) is 0.428. The van der Waals surface area contributed by atoms with Gasteiger partial charge in [-0.25, -0.2) is 9.78 Å². The molecule has 0 unspecified atom stereocenters. The average molecular weight is 460 g/mol.